The molecule has 0 aliphatic heterocycles. The molecule has 0 aliphatic carbocycles. The van der Waals surface area contributed by atoms with E-state index in [0.717, 1.165) is 0 Å². The third-order valence-electron chi connectivity index (χ3n) is 1.62. The van der Waals surface area contributed by atoms with Gasteiger partial charge < -0.3 is 4.57 Å². The third-order valence-corrected chi connectivity index (χ3v) is 1.62. The van der Waals surface area contributed by atoms with Crippen molar-refractivity contribution in [3.63, 3.8) is 0 Å². The first-order chi connectivity index (χ1) is 3.88. The van der Waals surface area contributed by atoms with Crippen LogP contribution in [-0.2, 0) is 7.05 Å². The molecule has 0 spiro atoms. The highest BCUT2D eigenvalue weighted by Gasteiger charge is 1.95. The Morgan fingerprint density at radius 1 is 1.00 bits per heavy atom. The average Bonchev–Trinajstić information content (AvgIpc) is 2.29. The van der Waals surface area contributed by atoms with E-state index in [4.69, 9.17) is 0 Å². The van der Waals surface area contributed by atoms with Crippen LogP contribution in [0.4, 0.5) is 0 Å². The van der Waals surface area contributed by atoms with Gasteiger partial charge in [-0.05, 0) is 24.3 Å². The molecule has 0 aromatic carbocycles. The zero-order chi connectivity index (χ0) is 5.56. The zero-order valence-electron chi connectivity index (χ0n) is 4.76. The SMILES string of the molecule is Cn1c2ccc1cc2. The smallest absolute Gasteiger partial charge is 0.0409 e. The number of fused-ring (bicyclic) bond motifs is 2. The second-order valence-electron chi connectivity index (χ2n) is 2.08. The minimum absolute atomic E-state index is 1.31. The van der Waals surface area contributed by atoms with Crippen molar-refractivity contribution in [1.82, 2.24) is 4.57 Å². The number of hydrogen-bond donors (Lipinski definition) is 0. The fourth-order valence-electron chi connectivity index (χ4n) is 1.05. The lowest BCUT2D eigenvalue weighted by molar-refractivity contribution is 1.02. The molecule has 0 saturated heterocycles. The summed E-state index contributed by atoms with van der Waals surface area (Å²) in [7, 11) is 2.07. The lowest BCUT2D eigenvalue weighted by Gasteiger charge is -1.85. The molecule has 2 rings (SSSR count). The summed E-state index contributed by atoms with van der Waals surface area (Å²) >= 11 is 0. The second kappa shape index (κ2) is 1.05. The third kappa shape index (κ3) is 0.280. The molecule has 2 bridgehead atoms. The quantitative estimate of drug-likeness (QED) is 0.479. The Labute approximate surface area is 47.9 Å². The maximum Gasteiger partial charge on any atom is 0.0409 e. The predicted octanol–water partition coefficient (Wildman–Crippen LogP) is 1.62. The summed E-state index contributed by atoms with van der Waals surface area (Å²) in [4.78, 5) is 0. The Balaban J connectivity index is 3.09. The van der Waals surface area contributed by atoms with Crippen molar-refractivity contribution in [3.05, 3.63) is 24.3 Å². The van der Waals surface area contributed by atoms with E-state index in [1.54, 1.807) is 0 Å². The van der Waals surface area contributed by atoms with E-state index in [1.165, 1.54) is 11.0 Å². The van der Waals surface area contributed by atoms with Crippen molar-refractivity contribution >= 4 is 11.0 Å². The van der Waals surface area contributed by atoms with Gasteiger partial charge in [-0.1, -0.05) is 0 Å². The Bertz CT molecular complexity index is 234. The molecule has 0 unspecified atom stereocenters. The minimum Gasteiger partial charge on any atom is -0.345 e. The van der Waals surface area contributed by atoms with Crippen molar-refractivity contribution in [2.45, 2.75) is 0 Å². The molecule has 0 atom stereocenters. The number of nitrogens with zero attached hydrogens (tertiary/aromatic N) is 1. The summed E-state index contributed by atoms with van der Waals surface area (Å²) in [5.74, 6) is 0. The van der Waals surface area contributed by atoms with Crippen molar-refractivity contribution < 1.29 is 0 Å². The standard InChI is InChI=1S/C7H7N/c1-8-6-2-3-7(8)5-4-6/h2-5H,1H3. The van der Waals surface area contributed by atoms with Crippen LogP contribution in [0.1, 0.15) is 0 Å². The Morgan fingerprint density at radius 3 is 1.50 bits per heavy atom. The highest BCUT2D eigenvalue weighted by molar-refractivity contribution is 5.66. The summed E-state index contributed by atoms with van der Waals surface area (Å²) in [6.45, 7) is 0. The van der Waals surface area contributed by atoms with Crippen LogP contribution in [0.15, 0.2) is 24.3 Å². The topological polar surface area (TPSA) is 4.93 Å². The maximum absolute atomic E-state index is 2.17. The highest BCUT2D eigenvalue weighted by atomic mass is 14.9. The van der Waals surface area contributed by atoms with Crippen molar-refractivity contribution in [2.75, 3.05) is 0 Å². The van der Waals surface area contributed by atoms with Gasteiger partial charge in [-0.3, -0.25) is 0 Å². The summed E-state index contributed by atoms with van der Waals surface area (Å²) in [5.41, 5.74) is 2.61. The molecule has 0 radical (unpaired) electrons. The average molecular weight is 105 g/mol. The first kappa shape index (κ1) is 3.96. The fourth-order valence-corrected chi connectivity index (χ4v) is 1.05. The summed E-state index contributed by atoms with van der Waals surface area (Å²) in [5, 5.41) is 0. The van der Waals surface area contributed by atoms with Gasteiger partial charge in [-0.2, -0.15) is 0 Å². The van der Waals surface area contributed by atoms with Gasteiger partial charge in [-0.25, -0.2) is 0 Å². The van der Waals surface area contributed by atoms with Gasteiger partial charge in [0, 0.05) is 18.1 Å². The Morgan fingerprint density at radius 2 is 1.38 bits per heavy atom. The van der Waals surface area contributed by atoms with E-state index in [-0.39, 0.29) is 0 Å². The first-order valence-corrected chi connectivity index (χ1v) is 2.72. The second-order valence-corrected chi connectivity index (χ2v) is 2.08. The fraction of sp³-hybridized carbons (Fsp3) is 0.143. The lowest BCUT2D eigenvalue weighted by Crippen LogP contribution is -1.78. The molecule has 2 heterocycles. The summed E-state index contributed by atoms with van der Waals surface area (Å²) in [6.07, 6.45) is 0. The molecule has 0 fully saturated rings. The van der Waals surface area contributed by atoms with Gasteiger partial charge in [0.15, 0.2) is 0 Å². The van der Waals surface area contributed by atoms with Crippen molar-refractivity contribution in [2.24, 2.45) is 7.05 Å². The molecular weight excluding hydrogens is 98.1 g/mol. The molecule has 0 saturated carbocycles. The van der Waals surface area contributed by atoms with Gasteiger partial charge in [0.2, 0.25) is 0 Å². The predicted molar refractivity (Wildman–Crippen MR) is 34.1 cm³/mol. The first-order valence-electron chi connectivity index (χ1n) is 2.72. The number of hydrogen-bond acceptors (Lipinski definition) is 0. The summed E-state index contributed by atoms with van der Waals surface area (Å²) < 4.78 is 2.17. The molecule has 1 heteroatoms. The normalized spacial score (nSPS) is 11.1. The van der Waals surface area contributed by atoms with E-state index in [1.807, 2.05) is 0 Å². The molecule has 40 valence electrons. The Hall–Kier alpha value is -0.980. The number of aromatic nitrogens is 1. The van der Waals surface area contributed by atoms with Crippen LogP contribution >= 0.6 is 0 Å². The monoisotopic (exact) mass is 105 g/mol. The number of aryl methyl sites for hydroxylation is 1. The van der Waals surface area contributed by atoms with Crippen molar-refractivity contribution in [1.29, 1.82) is 0 Å². The molecular formula is C7H7N. The molecule has 2 aromatic rings. The molecule has 0 N–H and O–H groups in total. The highest BCUT2D eigenvalue weighted by Crippen LogP contribution is 2.13. The van der Waals surface area contributed by atoms with Crippen LogP contribution in [0.5, 0.6) is 0 Å². The van der Waals surface area contributed by atoms with E-state index in [0.29, 0.717) is 0 Å². The summed E-state index contributed by atoms with van der Waals surface area (Å²) in [6, 6.07) is 8.48. The van der Waals surface area contributed by atoms with E-state index in [9.17, 15) is 0 Å². The largest absolute Gasteiger partial charge is 0.345 e. The van der Waals surface area contributed by atoms with Crippen LogP contribution in [0.2, 0.25) is 0 Å². The van der Waals surface area contributed by atoms with Crippen LogP contribution in [0.3, 0.4) is 0 Å². The maximum atomic E-state index is 2.17. The van der Waals surface area contributed by atoms with Crippen LogP contribution in [0.25, 0.3) is 11.0 Å². The van der Waals surface area contributed by atoms with Gasteiger partial charge in [0.05, 0.1) is 0 Å². The Kier molecular flexibility index (Phi) is 0.519. The van der Waals surface area contributed by atoms with E-state index in [2.05, 4.69) is 35.9 Å². The van der Waals surface area contributed by atoms with Crippen molar-refractivity contribution in [3.8, 4) is 0 Å². The molecule has 8 heavy (non-hydrogen) atoms. The number of benzene rings is 1. The molecule has 0 aliphatic rings. The van der Waals surface area contributed by atoms with Crippen LogP contribution < -0.4 is 0 Å². The van der Waals surface area contributed by atoms with Gasteiger partial charge in [-0.15, -0.1) is 0 Å². The van der Waals surface area contributed by atoms with Crippen LogP contribution in [-0.4, -0.2) is 4.57 Å². The van der Waals surface area contributed by atoms with Gasteiger partial charge in [0.25, 0.3) is 0 Å². The van der Waals surface area contributed by atoms with Crippen LogP contribution in [0, 0.1) is 0 Å². The number of rotatable bonds is 0. The zero-order valence-corrected chi connectivity index (χ0v) is 4.76. The molecule has 0 amide bonds. The lowest BCUT2D eigenvalue weighted by atomic mass is 10.4. The molecule has 2 aromatic heterocycles. The van der Waals surface area contributed by atoms with Gasteiger partial charge >= 0.3 is 0 Å². The minimum atomic E-state index is 1.31. The van der Waals surface area contributed by atoms with E-state index >= 15 is 0 Å². The molecule has 1 nitrogen and oxygen atoms in total. The van der Waals surface area contributed by atoms with E-state index < -0.39 is 0 Å². The van der Waals surface area contributed by atoms with Gasteiger partial charge in [0.1, 0.15) is 0 Å².